The van der Waals surface area contributed by atoms with E-state index < -0.39 is 26.6 Å². The molecule has 0 bridgehead atoms. The summed E-state index contributed by atoms with van der Waals surface area (Å²) in [7, 11) is 1.18. The van der Waals surface area contributed by atoms with Gasteiger partial charge >= 0.3 is 5.97 Å². The van der Waals surface area contributed by atoms with Crippen molar-refractivity contribution in [1.29, 1.82) is 0 Å². The summed E-state index contributed by atoms with van der Waals surface area (Å²) in [5, 5.41) is 3.03. The lowest BCUT2D eigenvalue weighted by molar-refractivity contribution is -0.870. The number of phosphoric ester groups is 1. The van der Waals surface area contributed by atoms with E-state index in [2.05, 4.69) is 74.7 Å². The van der Waals surface area contributed by atoms with Crippen molar-refractivity contribution < 1.29 is 37.3 Å². The van der Waals surface area contributed by atoms with Gasteiger partial charge in [0, 0.05) is 12.8 Å². The number of esters is 1. The van der Waals surface area contributed by atoms with E-state index in [1.54, 1.807) is 0 Å². The fraction of sp³-hybridized carbons (Fsp3) is 0.821. The number of unbranched alkanes of at least 4 members (excludes halogenated alkanes) is 37. The van der Waals surface area contributed by atoms with E-state index in [4.69, 9.17) is 13.8 Å². The number of carbonyl (C=O) groups excluding carboxylic acids is 2. The van der Waals surface area contributed by atoms with Gasteiger partial charge in [-0.2, -0.15) is 0 Å². The quantitative estimate of drug-likeness (QED) is 0.0161. The van der Waals surface area contributed by atoms with E-state index >= 15 is 0 Å². The van der Waals surface area contributed by atoms with Crippen LogP contribution in [0.5, 0.6) is 0 Å². The topological polar surface area (TPSA) is 114 Å². The van der Waals surface area contributed by atoms with Gasteiger partial charge in [0.1, 0.15) is 19.3 Å². The van der Waals surface area contributed by atoms with Gasteiger partial charge in [-0.3, -0.25) is 14.2 Å². The number of hydrogen-bond donors (Lipinski definition) is 1. The molecule has 0 aromatic carbocycles. The first-order chi connectivity index (χ1) is 37.4. The molecule has 0 aromatic rings. The van der Waals surface area contributed by atoms with Gasteiger partial charge in [-0.1, -0.05) is 275 Å². The summed E-state index contributed by atoms with van der Waals surface area (Å²) in [4.78, 5) is 40.0. The minimum absolute atomic E-state index is 0.0261. The van der Waals surface area contributed by atoms with Crippen molar-refractivity contribution in [2.24, 2.45) is 0 Å². The smallest absolute Gasteiger partial charge is 0.306 e. The maximum Gasteiger partial charge on any atom is 0.306 e. The third-order valence-corrected chi connectivity index (χ3v) is 15.5. The van der Waals surface area contributed by atoms with Gasteiger partial charge in [-0.15, -0.1) is 0 Å². The number of nitrogens with zero attached hydrogens (tertiary/aromatic N) is 1. The molecule has 9 nitrogen and oxygen atoms in total. The van der Waals surface area contributed by atoms with E-state index in [1.165, 1.54) is 186 Å². The maximum absolute atomic E-state index is 13.6. The second-order valence-electron chi connectivity index (χ2n) is 23.3. The number of quaternary nitrogens is 1. The Kier molecular flexibility index (Phi) is 55.3. The summed E-state index contributed by atoms with van der Waals surface area (Å²) < 4.78 is 30.3. The highest BCUT2D eigenvalue weighted by Crippen LogP contribution is 2.38. The standard InChI is InChI=1S/C67H125N2O7P/c1-7-10-13-16-19-22-25-28-29-30-31-32-33-34-35-36-37-38-39-42-44-47-50-53-56-59-66(70)68-64(63-75-77(72,73)74-62-61-69(4,5)6)65(58-55-52-49-46-43-40-26-23-20-17-14-11-8-2)76-67(71)60-57-54-51-48-45-41-27-24-21-18-15-12-9-3/h12,15,18,21,24,27-29,55,58,64-65H,7-11,13-14,16-17,19-20,22-23,25-26,30-54,56-57,59-63H2,1-6H3,(H-,68,70,72,73)/b15-12+,21-18+,27-24-,29-28+,58-55-. The molecule has 0 saturated carbocycles. The molecule has 77 heavy (non-hydrogen) atoms. The predicted molar refractivity (Wildman–Crippen MR) is 330 cm³/mol. The second-order valence-corrected chi connectivity index (χ2v) is 24.7. The van der Waals surface area contributed by atoms with Gasteiger partial charge in [-0.05, 0) is 76.7 Å². The molecule has 0 aromatic heterocycles. The van der Waals surface area contributed by atoms with Crippen molar-refractivity contribution in [2.45, 2.75) is 315 Å². The molecule has 3 unspecified atom stereocenters. The van der Waals surface area contributed by atoms with Crippen LogP contribution in [0.25, 0.3) is 0 Å². The lowest BCUT2D eigenvalue weighted by Crippen LogP contribution is -2.47. The van der Waals surface area contributed by atoms with E-state index in [9.17, 15) is 19.0 Å². The van der Waals surface area contributed by atoms with Gasteiger partial charge in [0.05, 0.1) is 33.8 Å². The lowest BCUT2D eigenvalue weighted by Gasteiger charge is -2.30. The molecule has 0 rings (SSSR count). The molecule has 1 N–H and O–H groups in total. The summed E-state index contributed by atoms with van der Waals surface area (Å²) >= 11 is 0. The number of ether oxygens (including phenoxy) is 1. The minimum atomic E-state index is -4.70. The molecular weight excluding hydrogens is 976 g/mol. The highest BCUT2D eigenvalue weighted by atomic mass is 31.2. The normalized spacial score (nSPS) is 14.0. The number of carbonyl (C=O) groups is 2. The van der Waals surface area contributed by atoms with Crippen molar-refractivity contribution in [3.8, 4) is 0 Å². The summed E-state index contributed by atoms with van der Waals surface area (Å²) in [6.45, 7) is 6.72. The predicted octanol–water partition coefficient (Wildman–Crippen LogP) is 19.6. The Bertz CT molecular complexity index is 1500. The fourth-order valence-electron chi connectivity index (χ4n) is 9.46. The number of phosphoric acid groups is 1. The molecule has 450 valence electrons. The van der Waals surface area contributed by atoms with Crippen LogP contribution in [0.4, 0.5) is 0 Å². The molecule has 10 heteroatoms. The van der Waals surface area contributed by atoms with E-state index in [-0.39, 0.29) is 24.9 Å². The molecule has 0 radical (unpaired) electrons. The average molecular weight is 1100 g/mol. The molecule has 0 heterocycles. The van der Waals surface area contributed by atoms with Crippen LogP contribution in [0.2, 0.25) is 0 Å². The third kappa shape index (κ3) is 58.2. The van der Waals surface area contributed by atoms with Crippen molar-refractivity contribution in [3.63, 3.8) is 0 Å². The highest BCUT2D eigenvalue weighted by Gasteiger charge is 2.27. The zero-order valence-corrected chi connectivity index (χ0v) is 52.3. The van der Waals surface area contributed by atoms with Crippen LogP contribution in [0.1, 0.15) is 303 Å². The van der Waals surface area contributed by atoms with E-state index in [0.717, 1.165) is 77.0 Å². The number of rotatable bonds is 59. The van der Waals surface area contributed by atoms with Crippen LogP contribution in [0, 0.1) is 0 Å². The number of hydrogen-bond acceptors (Lipinski definition) is 7. The molecule has 0 aliphatic heterocycles. The van der Waals surface area contributed by atoms with Gasteiger partial charge < -0.3 is 28.5 Å². The molecule has 0 saturated heterocycles. The first-order valence-corrected chi connectivity index (χ1v) is 34.1. The molecule has 1 amide bonds. The number of likely N-dealkylation sites (N-methyl/N-ethyl adjacent to an activating group) is 1. The Morgan fingerprint density at radius 2 is 0.844 bits per heavy atom. The summed E-state index contributed by atoms with van der Waals surface area (Å²) in [6.07, 6.45) is 72.0. The SMILES string of the molecule is CC/C=C/C=C/C=C\CCCCCCCC(=O)OC(/C=C\CCCCCCCCCCCCC)C(COP(=O)([O-])OCC[N+](C)(C)C)NC(=O)CCCCCCCCCCCCCCCCC/C=C/CCCCCCCC. The van der Waals surface area contributed by atoms with Crippen LogP contribution >= 0.6 is 7.82 Å². The van der Waals surface area contributed by atoms with Crippen LogP contribution in [-0.2, 0) is 27.9 Å². The Labute approximate surface area is 477 Å². The van der Waals surface area contributed by atoms with Gasteiger partial charge in [0.2, 0.25) is 5.91 Å². The highest BCUT2D eigenvalue weighted by molar-refractivity contribution is 7.45. The minimum Gasteiger partial charge on any atom is -0.756 e. The Morgan fingerprint density at radius 1 is 0.468 bits per heavy atom. The second kappa shape index (κ2) is 57.0. The lowest BCUT2D eigenvalue weighted by atomic mass is 10.0. The van der Waals surface area contributed by atoms with Crippen LogP contribution < -0.4 is 10.2 Å². The molecule has 0 spiro atoms. The third-order valence-electron chi connectivity index (χ3n) is 14.5. The molecular formula is C67H125N2O7P. The first kappa shape index (κ1) is 74.7. The summed E-state index contributed by atoms with van der Waals surface area (Å²) in [5.74, 6) is -0.557. The van der Waals surface area contributed by atoms with Gasteiger partial charge in [0.25, 0.3) is 7.82 Å². The number of allylic oxidation sites excluding steroid dienone is 9. The van der Waals surface area contributed by atoms with Crippen LogP contribution in [0.15, 0.2) is 60.8 Å². The van der Waals surface area contributed by atoms with E-state index in [1.807, 2.05) is 33.3 Å². The van der Waals surface area contributed by atoms with Crippen molar-refractivity contribution in [2.75, 3.05) is 40.9 Å². The van der Waals surface area contributed by atoms with E-state index in [0.29, 0.717) is 23.9 Å². The zero-order valence-electron chi connectivity index (χ0n) is 51.4. The van der Waals surface area contributed by atoms with Crippen molar-refractivity contribution in [1.82, 2.24) is 5.32 Å². The molecule has 3 atom stereocenters. The first-order valence-electron chi connectivity index (χ1n) is 32.6. The molecule has 0 aliphatic carbocycles. The Balaban J connectivity index is 5.09. The molecule has 0 fully saturated rings. The van der Waals surface area contributed by atoms with Crippen LogP contribution in [0.3, 0.4) is 0 Å². The molecule has 0 aliphatic rings. The average Bonchev–Trinajstić information content (AvgIpc) is 3.39. The largest absolute Gasteiger partial charge is 0.756 e. The number of nitrogens with one attached hydrogen (secondary N) is 1. The van der Waals surface area contributed by atoms with Gasteiger partial charge in [-0.25, -0.2) is 0 Å². The maximum atomic E-state index is 13.6. The Morgan fingerprint density at radius 3 is 1.27 bits per heavy atom. The monoisotopic (exact) mass is 1100 g/mol. The summed E-state index contributed by atoms with van der Waals surface area (Å²) in [6, 6.07) is -0.897. The van der Waals surface area contributed by atoms with Crippen molar-refractivity contribution >= 4 is 19.7 Å². The van der Waals surface area contributed by atoms with Crippen LogP contribution in [-0.4, -0.2) is 69.4 Å². The zero-order chi connectivity index (χ0) is 56.4. The fourth-order valence-corrected chi connectivity index (χ4v) is 10.2. The van der Waals surface area contributed by atoms with Gasteiger partial charge in [0.15, 0.2) is 0 Å². The number of amides is 1. The van der Waals surface area contributed by atoms with Crippen molar-refractivity contribution in [3.05, 3.63) is 60.8 Å². The summed E-state index contributed by atoms with van der Waals surface area (Å²) in [5.41, 5.74) is 0. The Hall–Kier alpha value is -2.29.